The Balaban J connectivity index is 3.03. The summed E-state index contributed by atoms with van der Waals surface area (Å²) in [6.07, 6.45) is -0.523. The molecule has 0 spiro atoms. The second-order valence-corrected chi connectivity index (χ2v) is 3.64. The van der Waals surface area contributed by atoms with E-state index in [-0.39, 0.29) is 6.42 Å². The molecule has 1 nitrogen and oxygen atoms in total. The van der Waals surface area contributed by atoms with E-state index in [1.165, 1.54) is 6.08 Å². The standard InChI is InChI=1S/C8H8BrF3O/c1-13-7(8(10,11)12)4-2-3-6(9)5-7/h2-3,5H,4H2,1H3. The number of ether oxygens (including phenoxy) is 1. The van der Waals surface area contributed by atoms with Crippen molar-refractivity contribution in [3.8, 4) is 0 Å². The molecular weight excluding hydrogens is 249 g/mol. The van der Waals surface area contributed by atoms with Gasteiger partial charge in [0.05, 0.1) is 0 Å². The van der Waals surface area contributed by atoms with E-state index in [1.807, 2.05) is 0 Å². The van der Waals surface area contributed by atoms with Crippen LogP contribution >= 0.6 is 15.9 Å². The molecule has 1 rings (SSSR count). The van der Waals surface area contributed by atoms with Crippen LogP contribution in [-0.4, -0.2) is 18.9 Å². The number of methoxy groups -OCH3 is 1. The zero-order valence-corrected chi connectivity index (χ0v) is 8.45. The first-order valence-corrected chi connectivity index (χ1v) is 4.37. The molecule has 1 atom stereocenters. The van der Waals surface area contributed by atoms with Gasteiger partial charge < -0.3 is 4.74 Å². The van der Waals surface area contributed by atoms with Gasteiger partial charge in [0, 0.05) is 18.0 Å². The number of rotatable bonds is 1. The summed E-state index contributed by atoms with van der Waals surface area (Å²) >= 11 is 2.99. The van der Waals surface area contributed by atoms with Crippen LogP contribution in [0.5, 0.6) is 0 Å². The van der Waals surface area contributed by atoms with Crippen LogP contribution in [0.1, 0.15) is 6.42 Å². The van der Waals surface area contributed by atoms with E-state index in [0.717, 1.165) is 13.2 Å². The lowest BCUT2D eigenvalue weighted by Gasteiger charge is -2.32. The lowest BCUT2D eigenvalue weighted by atomic mass is 9.94. The summed E-state index contributed by atoms with van der Waals surface area (Å²) in [6.45, 7) is 0. The van der Waals surface area contributed by atoms with Gasteiger partial charge >= 0.3 is 6.18 Å². The number of alkyl halides is 3. The maximum Gasteiger partial charge on any atom is 0.421 e. The van der Waals surface area contributed by atoms with Crippen molar-refractivity contribution in [3.05, 3.63) is 22.7 Å². The molecule has 0 bridgehead atoms. The van der Waals surface area contributed by atoms with E-state index < -0.39 is 11.8 Å². The number of hydrogen-bond donors (Lipinski definition) is 0. The van der Waals surface area contributed by atoms with E-state index in [9.17, 15) is 13.2 Å². The number of halogens is 4. The van der Waals surface area contributed by atoms with Crippen LogP contribution in [0.15, 0.2) is 22.7 Å². The zero-order valence-electron chi connectivity index (χ0n) is 6.86. The molecule has 0 saturated carbocycles. The van der Waals surface area contributed by atoms with Crippen LogP contribution in [0.2, 0.25) is 0 Å². The molecule has 0 aliphatic heterocycles. The monoisotopic (exact) mass is 256 g/mol. The van der Waals surface area contributed by atoms with Gasteiger partial charge in [-0.1, -0.05) is 28.1 Å². The fraction of sp³-hybridized carbons (Fsp3) is 0.500. The molecule has 0 heterocycles. The molecule has 0 amide bonds. The fourth-order valence-corrected chi connectivity index (χ4v) is 1.69. The highest BCUT2D eigenvalue weighted by molar-refractivity contribution is 9.11. The van der Waals surface area contributed by atoms with Crippen LogP contribution < -0.4 is 0 Å². The third-order valence-electron chi connectivity index (χ3n) is 1.91. The predicted molar refractivity (Wildman–Crippen MR) is 46.6 cm³/mol. The molecule has 74 valence electrons. The lowest BCUT2D eigenvalue weighted by Crippen LogP contribution is -2.45. The Morgan fingerprint density at radius 1 is 1.54 bits per heavy atom. The van der Waals surface area contributed by atoms with Crippen LogP contribution in [0.3, 0.4) is 0 Å². The van der Waals surface area contributed by atoms with E-state index in [1.54, 1.807) is 6.08 Å². The molecule has 0 N–H and O–H groups in total. The van der Waals surface area contributed by atoms with Crippen molar-refractivity contribution >= 4 is 15.9 Å². The first-order valence-electron chi connectivity index (χ1n) is 3.58. The molecule has 0 saturated heterocycles. The maximum atomic E-state index is 12.5. The highest BCUT2D eigenvalue weighted by Gasteiger charge is 2.53. The van der Waals surface area contributed by atoms with Crippen LogP contribution in [0.25, 0.3) is 0 Å². The summed E-state index contributed by atoms with van der Waals surface area (Å²) in [7, 11) is 1.06. The molecule has 0 aromatic heterocycles. The SMILES string of the molecule is COC1(C(F)(F)F)C=C(Br)C=CC1. The largest absolute Gasteiger partial charge is 0.421 e. The van der Waals surface area contributed by atoms with E-state index in [0.29, 0.717) is 4.48 Å². The van der Waals surface area contributed by atoms with Crippen molar-refractivity contribution in [2.45, 2.75) is 18.2 Å². The molecule has 1 unspecified atom stereocenters. The second-order valence-electron chi connectivity index (χ2n) is 2.73. The highest BCUT2D eigenvalue weighted by atomic mass is 79.9. The molecule has 0 aromatic carbocycles. The molecular formula is C8H8BrF3O. The molecule has 13 heavy (non-hydrogen) atoms. The fourth-order valence-electron chi connectivity index (χ4n) is 1.13. The number of hydrogen-bond acceptors (Lipinski definition) is 1. The smallest absolute Gasteiger partial charge is 0.364 e. The zero-order chi connectivity index (χ0) is 10.1. The maximum absolute atomic E-state index is 12.5. The summed E-state index contributed by atoms with van der Waals surface area (Å²) < 4.78 is 42.6. The van der Waals surface area contributed by atoms with Crippen LogP contribution in [-0.2, 0) is 4.74 Å². The third-order valence-corrected chi connectivity index (χ3v) is 2.41. The van der Waals surface area contributed by atoms with Crippen LogP contribution in [0.4, 0.5) is 13.2 Å². The van der Waals surface area contributed by atoms with Gasteiger partial charge in [0.25, 0.3) is 0 Å². The van der Waals surface area contributed by atoms with E-state index >= 15 is 0 Å². The van der Waals surface area contributed by atoms with E-state index in [2.05, 4.69) is 20.7 Å². The van der Waals surface area contributed by atoms with Gasteiger partial charge in [0.2, 0.25) is 0 Å². The van der Waals surface area contributed by atoms with Crippen molar-refractivity contribution in [1.82, 2.24) is 0 Å². The van der Waals surface area contributed by atoms with Gasteiger partial charge in [-0.2, -0.15) is 13.2 Å². The summed E-state index contributed by atoms with van der Waals surface area (Å²) in [4.78, 5) is 0. The molecule has 5 heteroatoms. The Morgan fingerprint density at radius 2 is 2.15 bits per heavy atom. The first-order chi connectivity index (χ1) is 5.91. The molecule has 1 aliphatic rings. The first kappa shape index (κ1) is 10.8. The Labute approximate surface area is 82.4 Å². The van der Waals surface area contributed by atoms with E-state index in [4.69, 9.17) is 0 Å². The summed E-state index contributed by atoms with van der Waals surface area (Å²) in [5.74, 6) is 0. The normalized spacial score (nSPS) is 28.8. The van der Waals surface area contributed by atoms with Gasteiger partial charge in [0.15, 0.2) is 5.60 Å². The number of allylic oxidation sites excluding steroid dienone is 2. The van der Waals surface area contributed by atoms with Crippen molar-refractivity contribution in [2.24, 2.45) is 0 Å². The average Bonchev–Trinajstić information content (AvgIpc) is 2.02. The predicted octanol–water partition coefficient (Wildman–Crippen LogP) is 3.17. The molecule has 0 radical (unpaired) electrons. The lowest BCUT2D eigenvalue weighted by molar-refractivity contribution is -0.248. The van der Waals surface area contributed by atoms with Crippen LogP contribution in [0, 0.1) is 0 Å². The second kappa shape index (κ2) is 3.46. The topological polar surface area (TPSA) is 9.23 Å². The van der Waals surface area contributed by atoms with Crippen molar-refractivity contribution in [2.75, 3.05) is 7.11 Å². The summed E-state index contributed by atoms with van der Waals surface area (Å²) in [6, 6.07) is 0. The van der Waals surface area contributed by atoms with Crippen molar-refractivity contribution in [3.63, 3.8) is 0 Å². The Kier molecular flexibility index (Phi) is 2.87. The minimum absolute atomic E-state index is 0.178. The van der Waals surface area contributed by atoms with Crippen molar-refractivity contribution < 1.29 is 17.9 Å². The summed E-state index contributed by atoms with van der Waals surface area (Å²) in [5.41, 5.74) is -2.17. The third kappa shape index (κ3) is 1.96. The molecule has 0 fully saturated rings. The van der Waals surface area contributed by atoms with Crippen molar-refractivity contribution in [1.29, 1.82) is 0 Å². The quantitative estimate of drug-likeness (QED) is 0.701. The van der Waals surface area contributed by atoms with Gasteiger partial charge in [-0.15, -0.1) is 0 Å². The summed E-state index contributed by atoms with van der Waals surface area (Å²) in [5, 5.41) is 0. The van der Waals surface area contributed by atoms with Gasteiger partial charge in [-0.25, -0.2) is 0 Å². The van der Waals surface area contributed by atoms with Gasteiger partial charge in [0.1, 0.15) is 0 Å². The Bertz CT molecular complexity index is 257. The minimum atomic E-state index is -4.38. The average molecular weight is 257 g/mol. The molecule has 0 aromatic rings. The Hall–Kier alpha value is -0.290. The highest BCUT2D eigenvalue weighted by Crippen LogP contribution is 2.41. The molecule has 1 aliphatic carbocycles. The Morgan fingerprint density at radius 3 is 2.46 bits per heavy atom. The van der Waals surface area contributed by atoms with Gasteiger partial charge in [-0.3, -0.25) is 0 Å². The van der Waals surface area contributed by atoms with Gasteiger partial charge in [-0.05, 0) is 6.08 Å². The minimum Gasteiger partial charge on any atom is -0.364 e.